The average Bonchev–Trinajstić information content (AvgIpc) is 2.69. The van der Waals surface area contributed by atoms with Crippen molar-refractivity contribution in [1.29, 1.82) is 0 Å². The number of aromatic nitrogens is 1. The summed E-state index contributed by atoms with van der Waals surface area (Å²) in [6, 6.07) is 5.97. The molecular weight excluding hydrogens is 325 g/mol. The van der Waals surface area contributed by atoms with E-state index in [1.165, 1.54) is 11.1 Å². The van der Waals surface area contributed by atoms with Crippen LogP contribution in [-0.4, -0.2) is 4.98 Å². The second-order valence-corrected chi connectivity index (χ2v) is 5.73. The molecule has 0 saturated carbocycles. The quantitative estimate of drug-likeness (QED) is 0.229. The molecule has 26 heavy (non-hydrogen) atoms. The van der Waals surface area contributed by atoms with Crippen LogP contribution in [-0.2, 0) is 4.94 Å². The van der Waals surface area contributed by atoms with E-state index in [-0.39, 0.29) is 5.76 Å². The highest BCUT2D eigenvalue weighted by atomic mass is 19.3. The molecule has 0 aliphatic carbocycles. The van der Waals surface area contributed by atoms with E-state index in [0.29, 0.717) is 6.42 Å². The van der Waals surface area contributed by atoms with Crippen molar-refractivity contribution in [2.75, 3.05) is 0 Å². The molecule has 0 aromatic carbocycles. The fourth-order valence-electron chi connectivity index (χ4n) is 2.36. The van der Waals surface area contributed by atoms with E-state index >= 15 is 0 Å². The van der Waals surface area contributed by atoms with Gasteiger partial charge in [-0.2, -0.15) is 0 Å². The molecule has 1 aromatic rings. The van der Waals surface area contributed by atoms with Crippen molar-refractivity contribution < 1.29 is 9.47 Å². The minimum atomic E-state index is 0.209. The van der Waals surface area contributed by atoms with Crippen molar-refractivity contribution in [2.24, 2.45) is 0 Å². The highest BCUT2D eigenvalue weighted by molar-refractivity contribution is 5.76. The summed E-state index contributed by atoms with van der Waals surface area (Å²) < 4.78 is 11.8. The summed E-state index contributed by atoms with van der Waals surface area (Å²) in [7, 11) is 0. The van der Waals surface area contributed by atoms with Crippen molar-refractivity contribution in [1.82, 2.24) is 4.98 Å². The van der Waals surface area contributed by atoms with E-state index in [4.69, 9.17) is 0 Å². The van der Waals surface area contributed by atoms with Crippen LogP contribution in [0.2, 0.25) is 0 Å². The highest BCUT2D eigenvalue weighted by Gasteiger charge is 2.04. The van der Waals surface area contributed by atoms with Gasteiger partial charge in [0.2, 0.25) is 0 Å². The zero-order chi connectivity index (χ0) is 19.6. The molecule has 144 valence electrons. The summed E-state index contributed by atoms with van der Waals surface area (Å²) in [5.41, 5.74) is 3.38. The van der Waals surface area contributed by atoms with Gasteiger partial charge in [-0.05, 0) is 55.9 Å². The lowest BCUT2D eigenvalue weighted by Crippen LogP contribution is -1.91. The Balaban J connectivity index is 0.00000301. The lowest BCUT2D eigenvalue weighted by molar-refractivity contribution is -0.0863. The molecule has 0 spiro atoms. The molecule has 0 fully saturated rings. The van der Waals surface area contributed by atoms with Crippen LogP contribution in [0.5, 0.6) is 0 Å². The first-order valence-electron chi connectivity index (χ1n) is 9.60. The molecule has 0 aliphatic heterocycles. The van der Waals surface area contributed by atoms with E-state index in [2.05, 4.69) is 54.7 Å². The average molecular weight is 360 g/mol. The number of halogens is 1. The fourth-order valence-corrected chi connectivity index (χ4v) is 2.36. The van der Waals surface area contributed by atoms with E-state index in [9.17, 15) is 4.53 Å². The maximum atomic E-state index is 11.8. The monoisotopic (exact) mass is 359 g/mol. The number of hydrogen-bond donors (Lipinski definition) is 0. The normalized spacial score (nSPS) is 11.9. The van der Waals surface area contributed by atoms with Crippen LogP contribution >= 0.6 is 0 Å². The second-order valence-electron chi connectivity index (χ2n) is 5.73. The lowest BCUT2D eigenvalue weighted by atomic mass is 10.0. The van der Waals surface area contributed by atoms with Gasteiger partial charge >= 0.3 is 0 Å². The second kappa shape index (κ2) is 16.3. The van der Waals surface area contributed by atoms with Gasteiger partial charge in [0, 0.05) is 17.1 Å². The first kappa shape index (κ1) is 23.8. The summed E-state index contributed by atoms with van der Waals surface area (Å²) in [6.45, 7) is 11.7. The standard InChI is InChI=1S/C21H28FNO.C2H6/c1-4-5-8-13-18(2)20(21-16-11-12-17-23-21)15-10-7-6-9-14-19(3)24-22;1-2/h5,8,11-13,15-17H,3-4,6-7,9-10,14H2,1-2H3;1-2H3/b8-5-,18-13+,20-15+;. The fraction of sp³-hybridized carbons (Fsp3) is 0.435. The summed E-state index contributed by atoms with van der Waals surface area (Å²) in [6.07, 6.45) is 16.0. The molecule has 0 radical (unpaired) electrons. The van der Waals surface area contributed by atoms with Crippen molar-refractivity contribution in [3.05, 3.63) is 72.3 Å². The molecule has 2 nitrogen and oxygen atoms in total. The number of hydrogen-bond acceptors (Lipinski definition) is 2. The molecular formula is C23H34FNO. The number of rotatable bonds is 11. The van der Waals surface area contributed by atoms with E-state index in [0.717, 1.165) is 37.8 Å². The Kier molecular flexibility index (Phi) is 15.0. The van der Waals surface area contributed by atoms with Gasteiger partial charge in [-0.25, -0.2) is 0 Å². The Morgan fingerprint density at radius 3 is 2.62 bits per heavy atom. The topological polar surface area (TPSA) is 22.1 Å². The minimum absolute atomic E-state index is 0.209. The third kappa shape index (κ3) is 10.7. The van der Waals surface area contributed by atoms with Crippen molar-refractivity contribution >= 4 is 5.57 Å². The summed E-state index contributed by atoms with van der Waals surface area (Å²) in [5.74, 6) is 0.209. The molecule has 0 bridgehead atoms. The van der Waals surface area contributed by atoms with Gasteiger partial charge in [0.05, 0.1) is 5.69 Å². The summed E-state index contributed by atoms with van der Waals surface area (Å²) >= 11 is 0. The number of nitrogens with zero attached hydrogens (tertiary/aromatic N) is 1. The Bertz CT molecular complexity index is 573. The van der Waals surface area contributed by atoms with Gasteiger partial charge in [0.15, 0.2) is 0 Å². The van der Waals surface area contributed by atoms with Gasteiger partial charge in [-0.1, -0.05) is 64.1 Å². The van der Waals surface area contributed by atoms with Gasteiger partial charge in [-0.15, -0.1) is 0 Å². The van der Waals surface area contributed by atoms with E-state index in [1.54, 1.807) is 0 Å². The smallest absolute Gasteiger partial charge is 0.141 e. The lowest BCUT2D eigenvalue weighted by Gasteiger charge is -2.08. The van der Waals surface area contributed by atoms with Crippen LogP contribution in [0.1, 0.15) is 71.9 Å². The van der Waals surface area contributed by atoms with Gasteiger partial charge in [0.25, 0.3) is 0 Å². The van der Waals surface area contributed by atoms with Crippen LogP contribution in [0, 0.1) is 0 Å². The van der Waals surface area contributed by atoms with Crippen molar-refractivity contribution in [3.63, 3.8) is 0 Å². The van der Waals surface area contributed by atoms with Gasteiger partial charge in [-0.3, -0.25) is 9.93 Å². The zero-order valence-corrected chi connectivity index (χ0v) is 16.8. The summed E-state index contributed by atoms with van der Waals surface area (Å²) in [5, 5.41) is 0. The van der Waals surface area contributed by atoms with Crippen LogP contribution in [0.25, 0.3) is 5.57 Å². The molecule has 0 unspecified atom stereocenters. The predicted molar refractivity (Wildman–Crippen MR) is 111 cm³/mol. The molecule has 0 N–H and O–H groups in total. The van der Waals surface area contributed by atoms with Crippen molar-refractivity contribution in [2.45, 2.75) is 66.2 Å². The van der Waals surface area contributed by atoms with Crippen LogP contribution < -0.4 is 0 Å². The van der Waals surface area contributed by atoms with Gasteiger partial charge in [0.1, 0.15) is 5.76 Å². The van der Waals surface area contributed by atoms with Crippen LogP contribution in [0.4, 0.5) is 4.53 Å². The number of pyridine rings is 1. The molecule has 0 amide bonds. The maximum absolute atomic E-state index is 11.8. The SMILES string of the molecule is C=C(CCCCC\C=C(/C(C)=C/C=C\CC)c1ccccn1)OF.CC. The van der Waals surface area contributed by atoms with Crippen LogP contribution in [0.3, 0.4) is 0 Å². The molecule has 0 aliphatic rings. The third-order valence-corrected chi connectivity index (χ3v) is 3.70. The number of unbranched alkanes of at least 4 members (excludes halogenated alkanes) is 3. The summed E-state index contributed by atoms with van der Waals surface area (Å²) in [4.78, 5) is 8.08. The first-order valence-corrected chi connectivity index (χ1v) is 9.60. The Hall–Kier alpha value is -2.16. The van der Waals surface area contributed by atoms with E-state index < -0.39 is 0 Å². The Morgan fingerprint density at radius 1 is 1.23 bits per heavy atom. The van der Waals surface area contributed by atoms with E-state index in [1.807, 2.05) is 38.2 Å². The molecule has 0 saturated heterocycles. The highest BCUT2D eigenvalue weighted by Crippen LogP contribution is 2.22. The Morgan fingerprint density at radius 2 is 2.00 bits per heavy atom. The predicted octanol–water partition coefficient (Wildman–Crippen LogP) is 7.77. The third-order valence-electron chi connectivity index (χ3n) is 3.70. The largest absolute Gasteiger partial charge is 0.300 e. The van der Waals surface area contributed by atoms with Gasteiger partial charge < -0.3 is 0 Å². The minimum Gasteiger partial charge on any atom is -0.300 e. The molecule has 1 heterocycles. The van der Waals surface area contributed by atoms with Crippen molar-refractivity contribution in [3.8, 4) is 0 Å². The zero-order valence-electron chi connectivity index (χ0n) is 16.8. The first-order chi connectivity index (χ1) is 12.7. The molecule has 1 aromatic heterocycles. The maximum Gasteiger partial charge on any atom is 0.141 e. The molecule has 1 rings (SSSR count). The Labute approximate surface area is 159 Å². The molecule has 3 heteroatoms. The van der Waals surface area contributed by atoms with Crippen LogP contribution in [0.15, 0.2) is 66.6 Å². The number of allylic oxidation sites excluding steroid dienone is 7. The molecule has 0 atom stereocenters.